The van der Waals surface area contributed by atoms with Gasteiger partial charge in [-0.05, 0) is 12.1 Å². The SMILES string of the molecule is Cn1nc(C(=O)Nc2cccnc2)cc1Cl. The predicted molar refractivity (Wildman–Crippen MR) is 60.4 cm³/mol. The number of anilines is 1. The second kappa shape index (κ2) is 4.32. The van der Waals surface area contributed by atoms with E-state index in [1.165, 1.54) is 10.7 Å². The van der Waals surface area contributed by atoms with Gasteiger partial charge in [0.05, 0.1) is 11.9 Å². The first-order valence-corrected chi connectivity index (χ1v) is 4.95. The minimum atomic E-state index is -0.310. The lowest BCUT2D eigenvalue weighted by molar-refractivity contribution is 0.102. The van der Waals surface area contributed by atoms with Gasteiger partial charge in [0.25, 0.3) is 5.91 Å². The number of rotatable bonds is 2. The Bertz CT molecular complexity index is 489. The summed E-state index contributed by atoms with van der Waals surface area (Å²) >= 11 is 5.78. The molecule has 0 fully saturated rings. The smallest absolute Gasteiger partial charge is 0.276 e. The van der Waals surface area contributed by atoms with Crippen molar-refractivity contribution in [1.29, 1.82) is 0 Å². The maximum absolute atomic E-state index is 11.7. The maximum Gasteiger partial charge on any atom is 0.276 e. The fourth-order valence-corrected chi connectivity index (χ4v) is 1.33. The van der Waals surface area contributed by atoms with Crippen molar-refractivity contribution < 1.29 is 4.79 Å². The van der Waals surface area contributed by atoms with Crippen LogP contribution in [0.5, 0.6) is 0 Å². The zero-order valence-electron chi connectivity index (χ0n) is 8.51. The zero-order chi connectivity index (χ0) is 11.5. The van der Waals surface area contributed by atoms with Gasteiger partial charge in [-0.2, -0.15) is 5.10 Å². The number of carbonyl (C=O) groups excluding carboxylic acids is 1. The van der Waals surface area contributed by atoms with Crippen molar-refractivity contribution in [3.05, 3.63) is 41.4 Å². The number of amides is 1. The third-order valence-electron chi connectivity index (χ3n) is 1.97. The van der Waals surface area contributed by atoms with Crippen LogP contribution in [0.3, 0.4) is 0 Å². The van der Waals surface area contributed by atoms with Crippen LogP contribution in [0.2, 0.25) is 5.15 Å². The summed E-state index contributed by atoms with van der Waals surface area (Å²) in [6.45, 7) is 0. The highest BCUT2D eigenvalue weighted by atomic mass is 35.5. The molecule has 0 unspecified atom stereocenters. The van der Waals surface area contributed by atoms with Crippen molar-refractivity contribution in [3.63, 3.8) is 0 Å². The number of carbonyl (C=O) groups is 1. The van der Waals surface area contributed by atoms with Gasteiger partial charge in [-0.25, -0.2) is 0 Å². The van der Waals surface area contributed by atoms with E-state index in [1.54, 1.807) is 31.6 Å². The van der Waals surface area contributed by atoms with Gasteiger partial charge in [0.1, 0.15) is 5.15 Å². The van der Waals surface area contributed by atoms with Crippen molar-refractivity contribution in [2.75, 3.05) is 5.32 Å². The van der Waals surface area contributed by atoms with Gasteiger partial charge < -0.3 is 5.32 Å². The van der Waals surface area contributed by atoms with Crippen LogP contribution in [0.1, 0.15) is 10.5 Å². The average Bonchev–Trinajstić information content (AvgIpc) is 2.61. The molecule has 0 saturated carbocycles. The first kappa shape index (κ1) is 10.6. The third-order valence-corrected chi connectivity index (χ3v) is 2.33. The van der Waals surface area contributed by atoms with E-state index in [1.807, 2.05) is 0 Å². The standard InChI is InChI=1S/C10H9ClN4O/c1-15-9(11)5-8(14-15)10(16)13-7-3-2-4-12-6-7/h2-6H,1H3,(H,13,16). The predicted octanol–water partition coefficient (Wildman–Crippen LogP) is 1.72. The van der Waals surface area contributed by atoms with Crippen LogP contribution < -0.4 is 5.32 Å². The molecule has 1 amide bonds. The van der Waals surface area contributed by atoms with E-state index in [0.29, 0.717) is 10.8 Å². The molecule has 0 aromatic carbocycles. The lowest BCUT2D eigenvalue weighted by Crippen LogP contribution is -2.13. The number of aromatic nitrogens is 3. The van der Waals surface area contributed by atoms with Crippen LogP contribution in [0, 0.1) is 0 Å². The monoisotopic (exact) mass is 236 g/mol. The molecule has 2 aromatic heterocycles. The molecular weight excluding hydrogens is 228 g/mol. The Hall–Kier alpha value is -1.88. The molecule has 2 heterocycles. The van der Waals surface area contributed by atoms with Crippen molar-refractivity contribution >= 4 is 23.2 Å². The number of pyridine rings is 1. The fourth-order valence-electron chi connectivity index (χ4n) is 1.19. The molecule has 0 spiro atoms. The molecule has 6 heteroatoms. The highest BCUT2D eigenvalue weighted by molar-refractivity contribution is 6.30. The Kier molecular flexibility index (Phi) is 2.87. The lowest BCUT2D eigenvalue weighted by Gasteiger charge is -2.00. The van der Waals surface area contributed by atoms with Crippen molar-refractivity contribution in [2.45, 2.75) is 0 Å². The molecule has 2 rings (SSSR count). The Labute approximate surface area is 97.1 Å². The third kappa shape index (κ3) is 2.20. The van der Waals surface area contributed by atoms with Gasteiger partial charge in [-0.15, -0.1) is 0 Å². The van der Waals surface area contributed by atoms with Crippen LogP contribution >= 0.6 is 11.6 Å². The largest absolute Gasteiger partial charge is 0.319 e. The molecule has 0 radical (unpaired) electrons. The molecular formula is C10H9ClN4O. The van der Waals surface area contributed by atoms with Crippen LogP contribution in [-0.4, -0.2) is 20.7 Å². The van der Waals surface area contributed by atoms with E-state index in [4.69, 9.17) is 11.6 Å². The molecule has 0 bridgehead atoms. The lowest BCUT2D eigenvalue weighted by atomic mass is 10.3. The summed E-state index contributed by atoms with van der Waals surface area (Å²) in [6, 6.07) is 4.99. The van der Waals surface area contributed by atoms with Crippen molar-refractivity contribution in [2.24, 2.45) is 7.05 Å². The quantitative estimate of drug-likeness (QED) is 0.864. The molecule has 16 heavy (non-hydrogen) atoms. The average molecular weight is 237 g/mol. The van der Waals surface area contributed by atoms with Gasteiger partial charge >= 0.3 is 0 Å². The number of hydrogen-bond acceptors (Lipinski definition) is 3. The summed E-state index contributed by atoms with van der Waals surface area (Å²) in [5.74, 6) is -0.310. The van der Waals surface area contributed by atoms with Crippen LogP contribution in [0.4, 0.5) is 5.69 Å². The van der Waals surface area contributed by atoms with Gasteiger partial charge in [0, 0.05) is 19.3 Å². The van der Waals surface area contributed by atoms with E-state index in [-0.39, 0.29) is 11.6 Å². The van der Waals surface area contributed by atoms with Gasteiger partial charge in [0.15, 0.2) is 5.69 Å². The number of aryl methyl sites for hydroxylation is 1. The number of halogens is 1. The Morgan fingerprint density at radius 1 is 1.56 bits per heavy atom. The highest BCUT2D eigenvalue weighted by Gasteiger charge is 2.11. The molecule has 82 valence electrons. The van der Waals surface area contributed by atoms with Gasteiger partial charge in [-0.1, -0.05) is 11.6 Å². The topological polar surface area (TPSA) is 59.8 Å². The van der Waals surface area contributed by atoms with E-state index < -0.39 is 0 Å². The van der Waals surface area contributed by atoms with Gasteiger partial charge in [-0.3, -0.25) is 14.5 Å². The Balaban J connectivity index is 2.15. The molecule has 0 aliphatic rings. The molecule has 0 aliphatic carbocycles. The maximum atomic E-state index is 11.7. The second-order valence-electron chi connectivity index (χ2n) is 3.17. The summed E-state index contributed by atoms with van der Waals surface area (Å²) in [4.78, 5) is 15.6. The zero-order valence-corrected chi connectivity index (χ0v) is 9.27. The Morgan fingerprint density at radius 3 is 2.94 bits per heavy atom. The normalized spacial score (nSPS) is 10.1. The summed E-state index contributed by atoms with van der Waals surface area (Å²) < 4.78 is 1.43. The van der Waals surface area contributed by atoms with Gasteiger partial charge in [0.2, 0.25) is 0 Å². The van der Waals surface area contributed by atoms with E-state index in [0.717, 1.165) is 0 Å². The minimum Gasteiger partial charge on any atom is -0.319 e. The van der Waals surface area contributed by atoms with E-state index in [2.05, 4.69) is 15.4 Å². The molecule has 0 aliphatic heterocycles. The minimum absolute atomic E-state index is 0.274. The Morgan fingerprint density at radius 2 is 2.38 bits per heavy atom. The molecule has 0 saturated heterocycles. The summed E-state index contributed by atoms with van der Waals surface area (Å²) in [5.41, 5.74) is 0.894. The van der Waals surface area contributed by atoms with Crippen LogP contribution in [0.25, 0.3) is 0 Å². The molecule has 2 aromatic rings. The van der Waals surface area contributed by atoms with E-state index >= 15 is 0 Å². The number of nitrogens with one attached hydrogen (secondary N) is 1. The second-order valence-corrected chi connectivity index (χ2v) is 3.56. The van der Waals surface area contributed by atoms with Crippen LogP contribution in [-0.2, 0) is 7.05 Å². The van der Waals surface area contributed by atoms with Crippen molar-refractivity contribution in [3.8, 4) is 0 Å². The first-order chi connectivity index (χ1) is 7.66. The number of nitrogens with zero attached hydrogens (tertiary/aromatic N) is 3. The fraction of sp³-hybridized carbons (Fsp3) is 0.100. The van der Waals surface area contributed by atoms with Crippen LogP contribution in [0.15, 0.2) is 30.6 Å². The summed E-state index contributed by atoms with van der Waals surface area (Å²) in [5, 5.41) is 7.03. The summed E-state index contributed by atoms with van der Waals surface area (Å²) in [6.07, 6.45) is 3.19. The number of hydrogen-bond donors (Lipinski definition) is 1. The van der Waals surface area contributed by atoms with E-state index in [9.17, 15) is 4.79 Å². The molecule has 5 nitrogen and oxygen atoms in total. The molecule has 1 N–H and O–H groups in total. The van der Waals surface area contributed by atoms with Crippen molar-refractivity contribution in [1.82, 2.24) is 14.8 Å². The molecule has 0 atom stereocenters. The first-order valence-electron chi connectivity index (χ1n) is 4.58. The highest BCUT2D eigenvalue weighted by Crippen LogP contribution is 2.11. The summed E-state index contributed by atoms with van der Waals surface area (Å²) in [7, 11) is 1.67.